The van der Waals surface area contributed by atoms with E-state index in [-0.39, 0.29) is 0 Å². The van der Waals surface area contributed by atoms with Gasteiger partial charge in [-0.15, -0.1) is 19.7 Å². The lowest BCUT2D eigenvalue weighted by atomic mass is 9.68. The Labute approximate surface area is 507 Å². The molecule has 0 aromatic heterocycles. The zero-order chi connectivity index (χ0) is 57.6. The SMILES string of the molecule is C=CCC1CCC(C2CCC(C)CC2)CC1.C=CCC1CCC(C2CCC(CC=C)CC2)CC1.CC1CCC(C2CCC(C)CC2)CC1.CC=CC1CCC(C2CCC(C=CC)CC2)CC1.COC1CCC(C2CCC(C)CC2)CC1. The zero-order valence-electron chi connectivity index (χ0n) is 55.5. The Hall–Kier alpha value is -1.34. The van der Waals surface area contributed by atoms with Crippen LogP contribution in [0.2, 0.25) is 0 Å². The molecule has 0 bridgehead atoms. The predicted molar refractivity (Wildman–Crippen MR) is 359 cm³/mol. The molecule has 10 aliphatic rings. The van der Waals surface area contributed by atoms with Gasteiger partial charge in [0.15, 0.2) is 0 Å². The molecule has 0 unspecified atom stereocenters. The van der Waals surface area contributed by atoms with Crippen LogP contribution in [0.1, 0.15) is 318 Å². The van der Waals surface area contributed by atoms with E-state index in [1.807, 2.05) is 7.11 Å². The van der Waals surface area contributed by atoms with E-state index in [1.54, 1.807) is 25.7 Å². The highest BCUT2D eigenvalue weighted by molar-refractivity contribution is 4.94. The standard InChI is InChI=1S/2C18H30.C16H28.C14H26O.C14H26/c2*1-3-5-15-7-11-17(12-8-15)18-13-9-16(6-4-2)10-14-18;1-3-4-14-7-11-16(12-8-14)15-9-5-13(2)6-10-15;1-11-3-5-12(6-4-11)13-7-9-14(15-2)10-8-13;1-11-3-7-13(8-4-11)14-9-5-12(2)6-10-14/h3-6,15-18H,7-14H2,1-2H3;3-4,15-18H,1-2,5-14H2;3,13-16H,1,4-12H2,2H3;11-14H,3-10H2,1-2H3;11-14H,3-10H2,1-2H3. The molecule has 10 fully saturated rings. The Morgan fingerprint density at radius 3 is 0.642 bits per heavy atom. The summed E-state index contributed by atoms with van der Waals surface area (Å²) in [4.78, 5) is 0. The Morgan fingerprint density at radius 1 is 0.272 bits per heavy atom. The largest absolute Gasteiger partial charge is 0.381 e. The normalized spacial score (nSPS) is 40.5. The smallest absolute Gasteiger partial charge is 0.0571 e. The summed E-state index contributed by atoms with van der Waals surface area (Å²) in [5.74, 6) is 19.4. The zero-order valence-corrected chi connectivity index (χ0v) is 55.5. The Balaban J connectivity index is 0.000000164. The number of ether oxygens (including phenoxy) is 1. The molecular formula is C80H140O. The van der Waals surface area contributed by atoms with Gasteiger partial charge in [0.1, 0.15) is 0 Å². The molecule has 10 rings (SSSR count). The van der Waals surface area contributed by atoms with Gasteiger partial charge >= 0.3 is 0 Å². The van der Waals surface area contributed by atoms with Crippen LogP contribution in [0.25, 0.3) is 0 Å². The topological polar surface area (TPSA) is 9.23 Å². The van der Waals surface area contributed by atoms with Crippen LogP contribution < -0.4 is 0 Å². The number of hydrogen-bond acceptors (Lipinski definition) is 1. The summed E-state index contributed by atoms with van der Waals surface area (Å²) in [6.07, 6.45) is 79.3. The highest BCUT2D eigenvalue weighted by Crippen LogP contribution is 2.46. The summed E-state index contributed by atoms with van der Waals surface area (Å²) < 4.78 is 5.44. The summed E-state index contributed by atoms with van der Waals surface area (Å²) in [5.41, 5.74) is 0. The third kappa shape index (κ3) is 25.1. The molecule has 0 radical (unpaired) electrons. The van der Waals surface area contributed by atoms with Gasteiger partial charge in [0.05, 0.1) is 6.10 Å². The van der Waals surface area contributed by atoms with Crippen molar-refractivity contribution in [3.05, 3.63) is 62.3 Å². The van der Waals surface area contributed by atoms with Crippen molar-refractivity contribution in [2.45, 2.75) is 324 Å². The van der Waals surface area contributed by atoms with E-state index in [9.17, 15) is 0 Å². The van der Waals surface area contributed by atoms with Gasteiger partial charge in [-0.1, -0.05) is 122 Å². The average molecular weight is 1120 g/mol. The highest BCUT2D eigenvalue weighted by atomic mass is 16.5. The first-order chi connectivity index (χ1) is 39.5. The quantitative estimate of drug-likeness (QED) is 0.158. The summed E-state index contributed by atoms with van der Waals surface area (Å²) in [5, 5.41) is 0. The van der Waals surface area contributed by atoms with Crippen LogP contribution in [-0.4, -0.2) is 13.2 Å². The fourth-order valence-electron chi connectivity index (χ4n) is 19.4. The molecule has 0 aromatic rings. The average Bonchev–Trinajstić information content (AvgIpc) is 3.52. The molecule has 0 N–H and O–H groups in total. The van der Waals surface area contributed by atoms with Gasteiger partial charge in [-0.25, -0.2) is 0 Å². The fourth-order valence-corrected chi connectivity index (χ4v) is 19.4. The molecular weight excluding hydrogens is 977 g/mol. The fraction of sp³-hybridized carbons (Fsp3) is 0.875. The lowest BCUT2D eigenvalue weighted by Crippen LogP contribution is -2.27. The number of rotatable bonds is 14. The van der Waals surface area contributed by atoms with Crippen LogP contribution in [0.3, 0.4) is 0 Å². The molecule has 0 heterocycles. The lowest BCUT2D eigenvalue weighted by molar-refractivity contribution is 0.0399. The molecule has 10 aliphatic carbocycles. The maximum Gasteiger partial charge on any atom is 0.0571 e. The van der Waals surface area contributed by atoms with Crippen molar-refractivity contribution in [3.63, 3.8) is 0 Å². The Morgan fingerprint density at radius 2 is 0.457 bits per heavy atom. The van der Waals surface area contributed by atoms with Crippen LogP contribution in [0.5, 0.6) is 0 Å². The van der Waals surface area contributed by atoms with Gasteiger partial charge < -0.3 is 4.74 Å². The first-order valence-corrected chi connectivity index (χ1v) is 37.1. The molecule has 0 amide bonds. The van der Waals surface area contributed by atoms with Crippen LogP contribution in [0.15, 0.2) is 62.3 Å². The van der Waals surface area contributed by atoms with Crippen LogP contribution in [0.4, 0.5) is 0 Å². The van der Waals surface area contributed by atoms with Crippen molar-refractivity contribution in [2.75, 3.05) is 7.11 Å². The Kier molecular flexibility index (Phi) is 33.5. The van der Waals surface area contributed by atoms with E-state index >= 15 is 0 Å². The van der Waals surface area contributed by atoms with E-state index < -0.39 is 0 Å². The summed E-state index contributed by atoms with van der Waals surface area (Å²) in [7, 11) is 1.87. The van der Waals surface area contributed by atoms with Gasteiger partial charge in [0.2, 0.25) is 0 Å². The van der Waals surface area contributed by atoms with Crippen molar-refractivity contribution in [3.8, 4) is 0 Å². The summed E-state index contributed by atoms with van der Waals surface area (Å²) in [6, 6.07) is 0. The van der Waals surface area contributed by atoms with Crippen molar-refractivity contribution in [1.29, 1.82) is 0 Å². The molecule has 466 valence electrons. The molecule has 10 saturated carbocycles. The predicted octanol–water partition coefficient (Wildman–Crippen LogP) is 25.4. The van der Waals surface area contributed by atoms with Crippen LogP contribution in [0, 0.1) is 112 Å². The summed E-state index contributed by atoms with van der Waals surface area (Å²) >= 11 is 0. The van der Waals surface area contributed by atoms with Gasteiger partial charge in [-0.3, -0.25) is 0 Å². The van der Waals surface area contributed by atoms with Crippen molar-refractivity contribution >= 4 is 0 Å². The minimum absolute atomic E-state index is 0.573. The van der Waals surface area contributed by atoms with Crippen molar-refractivity contribution < 1.29 is 4.74 Å². The van der Waals surface area contributed by atoms with Crippen molar-refractivity contribution in [2.24, 2.45) is 112 Å². The first-order valence-electron chi connectivity index (χ1n) is 37.1. The minimum Gasteiger partial charge on any atom is -0.381 e. The molecule has 0 saturated heterocycles. The molecule has 0 atom stereocenters. The maximum atomic E-state index is 5.44. The maximum absolute atomic E-state index is 5.44. The van der Waals surface area contributed by atoms with Gasteiger partial charge in [0, 0.05) is 7.11 Å². The highest BCUT2D eigenvalue weighted by Gasteiger charge is 2.34. The second-order valence-corrected chi connectivity index (χ2v) is 31.2. The van der Waals surface area contributed by atoms with E-state index in [1.165, 1.54) is 250 Å². The van der Waals surface area contributed by atoms with E-state index in [2.05, 4.69) is 104 Å². The molecule has 81 heavy (non-hydrogen) atoms. The minimum atomic E-state index is 0.573. The Bertz CT molecular complexity index is 1540. The third-order valence-corrected chi connectivity index (χ3v) is 25.4. The molecule has 0 aliphatic heterocycles. The van der Waals surface area contributed by atoms with E-state index in [0.29, 0.717) is 6.10 Å². The van der Waals surface area contributed by atoms with Crippen molar-refractivity contribution in [1.82, 2.24) is 0 Å². The van der Waals surface area contributed by atoms with Gasteiger partial charge in [-0.05, 0) is 351 Å². The number of allylic oxidation sites excluding steroid dienone is 7. The third-order valence-electron chi connectivity index (χ3n) is 25.4. The summed E-state index contributed by atoms with van der Waals surface area (Å²) in [6.45, 7) is 25.7. The van der Waals surface area contributed by atoms with Gasteiger partial charge in [0.25, 0.3) is 0 Å². The molecule has 1 nitrogen and oxygen atoms in total. The molecule has 1 heteroatoms. The van der Waals surface area contributed by atoms with Gasteiger partial charge in [-0.2, -0.15) is 0 Å². The first kappa shape index (κ1) is 68.8. The van der Waals surface area contributed by atoms with Crippen LogP contribution in [-0.2, 0) is 4.74 Å². The monoisotopic (exact) mass is 1120 g/mol. The van der Waals surface area contributed by atoms with E-state index in [0.717, 1.165) is 112 Å². The van der Waals surface area contributed by atoms with E-state index in [4.69, 9.17) is 4.74 Å². The second kappa shape index (κ2) is 39.5. The molecule has 0 aromatic carbocycles. The van der Waals surface area contributed by atoms with Crippen LogP contribution >= 0.6 is 0 Å². The lowest BCUT2D eigenvalue weighted by Gasteiger charge is -2.37. The molecule has 0 spiro atoms. The second-order valence-electron chi connectivity index (χ2n) is 31.2. The number of hydrogen-bond donors (Lipinski definition) is 0. The number of methoxy groups -OCH3 is 1.